The molecular weight excluding hydrogens is 430 g/mol. The summed E-state index contributed by atoms with van der Waals surface area (Å²) < 4.78 is 2.22. The number of hydrogen-bond acceptors (Lipinski definition) is 3. The Kier molecular flexibility index (Phi) is 5.16. The van der Waals surface area contributed by atoms with Crippen LogP contribution in [0.3, 0.4) is 0 Å². The van der Waals surface area contributed by atoms with Crippen molar-refractivity contribution in [1.29, 1.82) is 0 Å². The van der Waals surface area contributed by atoms with Gasteiger partial charge in [0.25, 0.3) is 0 Å². The van der Waals surface area contributed by atoms with Crippen LogP contribution in [0.5, 0.6) is 0 Å². The molecule has 0 radical (unpaired) electrons. The van der Waals surface area contributed by atoms with Gasteiger partial charge in [-0.25, -0.2) is 4.98 Å². The third-order valence-electron chi connectivity index (χ3n) is 2.86. The lowest BCUT2D eigenvalue weighted by molar-refractivity contribution is 1.26. The molecule has 1 nitrogen and oxygen atoms in total. The predicted octanol–water partition coefficient (Wildman–Crippen LogP) is 6.63. The summed E-state index contributed by atoms with van der Waals surface area (Å²) >= 11 is 10.6. The molecule has 0 N–H and O–H groups in total. The van der Waals surface area contributed by atoms with Crippen molar-refractivity contribution in [3.8, 4) is 11.3 Å². The molecule has 0 spiro atoms. The summed E-state index contributed by atoms with van der Waals surface area (Å²) in [6, 6.07) is 16.5. The molecule has 0 aliphatic heterocycles. The zero-order valence-corrected chi connectivity index (χ0v) is 15.7. The second kappa shape index (κ2) is 7.09. The predicted molar refractivity (Wildman–Crippen MR) is 99.0 cm³/mol. The van der Waals surface area contributed by atoms with Crippen molar-refractivity contribution in [2.24, 2.45) is 0 Å². The minimum absolute atomic E-state index is 0.890. The molecule has 0 amide bonds. The van der Waals surface area contributed by atoms with Gasteiger partial charge >= 0.3 is 0 Å². The Morgan fingerprint density at radius 3 is 2.71 bits per heavy atom. The van der Waals surface area contributed by atoms with Crippen LogP contribution in [0.15, 0.2) is 67.8 Å². The maximum absolute atomic E-state index is 4.73. The van der Waals surface area contributed by atoms with Crippen molar-refractivity contribution in [1.82, 2.24) is 4.98 Å². The van der Waals surface area contributed by atoms with E-state index in [1.165, 1.54) is 4.90 Å². The molecule has 0 fully saturated rings. The first kappa shape index (κ1) is 15.3. The average molecular weight is 441 g/mol. The Bertz CT molecular complexity index is 755. The minimum Gasteiger partial charge on any atom is -0.240 e. The summed E-state index contributed by atoms with van der Waals surface area (Å²) in [5.41, 5.74) is 2.20. The van der Waals surface area contributed by atoms with E-state index < -0.39 is 0 Å². The molecule has 5 heteroatoms. The van der Waals surface area contributed by atoms with E-state index in [4.69, 9.17) is 4.98 Å². The zero-order valence-electron chi connectivity index (χ0n) is 10.9. The smallest absolute Gasteiger partial charge is 0.104 e. The molecule has 0 saturated carbocycles. The van der Waals surface area contributed by atoms with Crippen LogP contribution in [-0.2, 0) is 5.75 Å². The molecule has 0 aliphatic rings. The van der Waals surface area contributed by atoms with E-state index in [2.05, 4.69) is 67.6 Å². The molecule has 0 atom stereocenters. The molecule has 1 heterocycles. The number of aromatic nitrogens is 1. The molecule has 0 saturated heterocycles. The summed E-state index contributed by atoms with van der Waals surface area (Å²) in [5, 5.41) is 3.27. The van der Waals surface area contributed by atoms with Crippen molar-refractivity contribution < 1.29 is 0 Å². The Labute approximate surface area is 149 Å². The molecule has 3 rings (SSSR count). The highest BCUT2D eigenvalue weighted by Crippen LogP contribution is 2.32. The minimum atomic E-state index is 0.890. The lowest BCUT2D eigenvalue weighted by Gasteiger charge is -2.01. The maximum Gasteiger partial charge on any atom is 0.104 e. The normalized spacial score (nSPS) is 10.8. The molecule has 106 valence electrons. The highest BCUT2D eigenvalue weighted by Gasteiger charge is 2.06. The van der Waals surface area contributed by atoms with Crippen molar-refractivity contribution in [3.63, 3.8) is 0 Å². The largest absolute Gasteiger partial charge is 0.240 e. The number of halogens is 2. The highest BCUT2D eigenvalue weighted by atomic mass is 79.9. The Morgan fingerprint density at radius 2 is 1.90 bits per heavy atom. The van der Waals surface area contributed by atoms with Crippen LogP contribution in [0.4, 0.5) is 0 Å². The number of rotatable bonds is 4. The Morgan fingerprint density at radius 1 is 1.05 bits per heavy atom. The maximum atomic E-state index is 4.73. The third kappa shape index (κ3) is 3.97. The molecule has 3 aromatic rings. The third-order valence-corrected chi connectivity index (χ3v) is 6.42. The van der Waals surface area contributed by atoms with Gasteiger partial charge in [-0.3, -0.25) is 0 Å². The van der Waals surface area contributed by atoms with Crippen LogP contribution in [0.25, 0.3) is 11.3 Å². The number of thioether (sulfide) groups is 1. The SMILES string of the molecule is Brc1cccc(-c2csc(CSc3ccccc3Br)n2)c1. The highest BCUT2D eigenvalue weighted by molar-refractivity contribution is 9.10. The summed E-state index contributed by atoms with van der Waals surface area (Å²) in [7, 11) is 0. The monoisotopic (exact) mass is 439 g/mol. The van der Waals surface area contributed by atoms with E-state index in [0.29, 0.717) is 0 Å². The number of nitrogens with zero attached hydrogens (tertiary/aromatic N) is 1. The molecule has 0 aliphatic carbocycles. The van der Waals surface area contributed by atoms with Crippen molar-refractivity contribution in [2.75, 3.05) is 0 Å². The van der Waals surface area contributed by atoms with E-state index in [9.17, 15) is 0 Å². The average Bonchev–Trinajstić information content (AvgIpc) is 2.95. The number of thiazole rings is 1. The molecular formula is C16H11Br2NS2. The van der Waals surface area contributed by atoms with Crippen LogP contribution < -0.4 is 0 Å². The zero-order chi connectivity index (χ0) is 14.7. The fourth-order valence-electron chi connectivity index (χ4n) is 1.86. The number of hydrogen-bond donors (Lipinski definition) is 0. The number of benzene rings is 2. The van der Waals surface area contributed by atoms with Crippen molar-refractivity contribution in [2.45, 2.75) is 10.6 Å². The van der Waals surface area contributed by atoms with Gasteiger partial charge in [0.2, 0.25) is 0 Å². The molecule has 1 aromatic heterocycles. The van der Waals surface area contributed by atoms with Crippen LogP contribution >= 0.6 is 55.0 Å². The standard InChI is InChI=1S/C16H11Br2NS2/c17-12-5-3-4-11(8-12)14-9-21-16(19-14)10-20-15-7-2-1-6-13(15)18/h1-9H,10H2. The molecule has 2 aromatic carbocycles. The van der Waals surface area contributed by atoms with Gasteiger partial charge in [0.05, 0.1) is 11.4 Å². The van der Waals surface area contributed by atoms with Crippen molar-refractivity contribution >= 4 is 55.0 Å². The second-order valence-electron chi connectivity index (χ2n) is 4.36. The fourth-order valence-corrected chi connectivity index (χ4v) is 4.65. The molecule has 0 unspecified atom stereocenters. The van der Waals surface area contributed by atoms with Crippen LogP contribution in [0.1, 0.15) is 5.01 Å². The van der Waals surface area contributed by atoms with Gasteiger partial charge < -0.3 is 0 Å². The first-order chi connectivity index (χ1) is 10.2. The molecule has 21 heavy (non-hydrogen) atoms. The van der Waals surface area contributed by atoms with E-state index in [0.717, 1.165) is 31.0 Å². The topological polar surface area (TPSA) is 12.9 Å². The summed E-state index contributed by atoms with van der Waals surface area (Å²) in [6.45, 7) is 0. The van der Waals surface area contributed by atoms with Crippen LogP contribution in [-0.4, -0.2) is 4.98 Å². The fraction of sp³-hybridized carbons (Fsp3) is 0.0625. The van der Waals surface area contributed by atoms with Gasteiger partial charge in [0.1, 0.15) is 5.01 Å². The van der Waals surface area contributed by atoms with Crippen LogP contribution in [0, 0.1) is 0 Å². The van der Waals surface area contributed by atoms with E-state index in [-0.39, 0.29) is 0 Å². The lowest BCUT2D eigenvalue weighted by Crippen LogP contribution is -1.82. The van der Waals surface area contributed by atoms with Gasteiger partial charge in [0.15, 0.2) is 0 Å². The molecule has 0 bridgehead atoms. The summed E-state index contributed by atoms with van der Waals surface area (Å²) in [5.74, 6) is 0.890. The van der Waals surface area contributed by atoms with Crippen LogP contribution in [0.2, 0.25) is 0 Å². The first-order valence-electron chi connectivity index (χ1n) is 6.30. The van der Waals surface area contributed by atoms with Gasteiger partial charge in [-0.05, 0) is 40.2 Å². The quantitative estimate of drug-likeness (QED) is 0.422. The Balaban J connectivity index is 1.72. The first-order valence-corrected chi connectivity index (χ1v) is 9.75. The van der Waals surface area contributed by atoms with Crippen molar-refractivity contribution in [3.05, 3.63) is 67.9 Å². The van der Waals surface area contributed by atoms with E-state index in [1.807, 2.05) is 18.2 Å². The van der Waals surface area contributed by atoms with E-state index in [1.54, 1.807) is 23.1 Å². The summed E-state index contributed by atoms with van der Waals surface area (Å²) in [4.78, 5) is 5.97. The van der Waals surface area contributed by atoms with Gasteiger partial charge in [-0.15, -0.1) is 23.1 Å². The Hall–Kier alpha value is -0.620. The van der Waals surface area contributed by atoms with Gasteiger partial charge in [-0.1, -0.05) is 40.2 Å². The van der Waals surface area contributed by atoms with Gasteiger partial charge in [0, 0.05) is 24.8 Å². The van der Waals surface area contributed by atoms with E-state index >= 15 is 0 Å². The second-order valence-corrected chi connectivity index (χ2v) is 8.09. The van der Waals surface area contributed by atoms with Gasteiger partial charge in [-0.2, -0.15) is 0 Å². The summed E-state index contributed by atoms with van der Waals surface area (Å²) in [6.07, 6.45) is 0. The lowest BCUT2D eigenvalue weighted by atomic mass is 10.2.